The van der Waals surface area contributed by atoms with Crippen molar-refractivity contribution in [1.29, 1.82) is 0 Å². The Morgan fingerprint density at radius 3 is 2.88 bits per heavy atom. The standard InChI is InChI=1S/C19H27N5O/c1-2-23-9-5-8-16(23)12-21-19(25)14-10-17-18(20-11-14)24(13-22-17)15-6-3-4-7-15/h10-11,13,15-16H,2-9,12H2,1H3,(H,21,25). The molecule has 0 spiro atoms. The third-order valence-electron chi connectivity index (χ3n) is 5.80. The van der Waals surface area contributed by atoms with Crippen LogP contribution in [0.15, 0.2) is 18.6 Å². The highest BCUT2D eigenvalue weighted by Gasteiger charge is 2.24. The molecule has 1 saturated carbocycles. The summed E-state index contributed by atoms with van der Waals surface area (Å²) in [7, 11) is 0. The lowest BCUT2D eigenvalue weighted by Crippen LogP contribution is -2.40. The van der Waals surface area contributed by atoms with Crippen LogP contribution in [0, 0.1) is 0 Å². The zero-order valence-electron chi connectivity index (χ0n) is 14.9. The fraction of sp³-hybridized carbons (Fsp3) is 0.632. The summed E-state index contributed by atoms with van der Waals surface area (Å²) in [6, 6.07) is 2.85. The Bertz CT molecular complexity index is 749. The van der Waals surface area contributed by atoms with Crippen LogP contribution in [0.5, 0.6) is 0 Å². The molecule has 6 nitrogen and oxygen atoms in total. The van der Waals surface area contributed by atoms with Crippen molar-refractivity contribution in [2.75, 3.05) is 19.6 Å². The van der Waals surface area contributed by atoms with Gasteiger partial charge < -0.3 is 9.88 Å². The molecule has 1 unspecified atom stereocenters. The van der Waals surface area contributed by atoms with Gasteiger partial charge in [-0.1, -0.05) is 19.8 Å². The summed E-state index contributed by atoms with van der Waals surface area (Å²) in [6.07, 6.45) is 10.9. The number of likely N-dealkylation sites (N-methyl/N-ethyl adjacent to an activating group) is 1. The van der Waals surface area contributed by atoms with Crippen LogP contribution in [0.3, 0.4) is 0 Å². The lowest BCUT2D eigenvalue weighted by molar-refractivity contribution is 0.0941. The Morgan fingerprint density at radius 2 is 2.08 bits per heavy atom. The molecule has 1 N–H and O–H groups in total. The fourth-order valence-corrected chi connectivity index (χ4v) is 4.35. The first-order chi connectivity index (χ1) is 12.3. The minimum Gasteiger partial charge on any atom is -0.350 e. The van der Waals surface area contributed by atoms with E-state index in [0.29, 0.717) is 24.2 Å². The molecular weight excluding hydrogens is 314 g/mol. The Labute approximate surface area is 148 Å². The molecule has 0 aromatic carbocycles. The Morgan fingerprint density at radius 1 is 1.24 bits per heavy atom. The smallest absolute Gasteiger partial charge is 0.252 e. The van der Waals surface area contributed by atoms with Crippen LogP contribution in [0.1, 0.15) is 61.8 Å². The van der Waals surface area contributed by atoms with Gasteiger partial charge in [0.2, 0.25) is 0 Å². The van der Waals surface area contributed by atoms with Gasteiger partial charge in [0.05, 0.1) is 11.9 Å². The maximum atomic E-state index is 12.5. The molecular formula is C19H27N5O. The molecule has 1 aliphatic heterocycles. The summed E-state index contributed by atoms with van der Waals surface area (Å²) in [5, 5.41) is 3.08. The molecule has 1 saturated heterocycles. The van der Waals surface area contributed by atoms with Crippen molar-refractivity contribution in [3.8, 4) is 0 Å². The first kappa shape index (κ1) is 16.5. The van der Waals surface area contributed by atoms with Crippen LogP contribution < -0.4 is 5.32 Å². The van der Waals surface area contributed by atoms with Crippen LogP contribution >= 0.6 is 0 Å². The van der Waals surface area contributed by atoms with Gasteiger partial charge in [0.25, 0.3) is 5.91 Å². The maximum absolute atomic E-state index is 12.5. The summed E-state index contributed by atoms with van der Waals surface area (Å²) in [5.41, 5.74) is 2.32. The van der Waals surface area contributed by atoms with Gasteiger partial charge in [-0.3, -0.25) is 9.69 Å². The van der Waals surface area contributed by atoms with E-state index in [1.54, 1.807) is 6.20 Å². The molecule has 134 valence electrons. The number of fused-ring (bicyclic) bond motifs is 1. The highest BCUT2D eigenvalue weighted by atomic mass is 16.1. The van der Waals surface area contributed by atoms with Crippen molar-refractivity contribution in [2.24, 2.45) is 0 Å². The summed E-state index contributed by atoms with van der Waals surface area (Å²) in [4.78, 5) is 24.0. The van der Waals surface area contributed by atoms with E-state index in [0.717, 1.165) is 30.7 Å². The summed E-state index contributed by atoms with van der Waals surface area (Å²) < 4.78 is 2.18. The lowest BCUT2D eigenvalue weighted by atomic mass is 10.2. The summed E-state index contributed by atoms with van der Waals surface area (Å²) in [6.45, 7) is 5.08. The van der Waals surface area contributed by atoms with Gasteiger partial charge in [-0.15, -0.1) is 0 Å². The molecule has 25 heavy (non-hydrogen) atoms. The number of hydrogen-bond acceptors (Lipinski definition) is 4. The maximum Gasteiger partial charge on any atom is 0.252 e. The number of likely N-dealkylation sites (tertiary alicyclic amines) is 1. The van der Waals surface area contributed by atoms with Gasteiger partial charge in [-0.25, -0.2) is 9.97 Å². The van der Waals surface area contributed by atoms with Crippen molar-refractivity contribution in [1.82, 2.24) is 24.8 Å². The van der Waals surface area contributed by atoms with E-state index in [4.69, 9.17) is 0 Å². The molecule has 6 heteroatoms. The van der Waals surface area contributed by atoms with Gasteiger partial charge in [-0.2, -0.15) is 0 Å². The van der Waals surface area contributed by atoms with Gasteiger partial charge in [0.1, 0.15) is 5.52 Å². The number of nitrogens with one attached hydrogen (secondary N) is 1. The molecule has 0 radical (unpaired) electrons. The van der Waals surface area contributed by atoms with Gasteiger partial charge >= 0.3 is 0 Å². The van der Waals surface area contributed by atoms with E-state index < -0.39 is 0 Å². The van der Waals surface area contributed by atoms with E-state index >= 15 is 0 Å². The monoisotopic (exact) mass is 341 g/mol. The molecule has 0 bridgehead atoms. The molecule has 1 atom stereocenters. The molecule has 4 rings (SSSR count). The Kier molecular flexibility index (Phi) is 4.70. The van der Waals surface area contributed by atoms with E-state index in [2.05, 4.69) is 31.7 Å². The average molecular weight is 341 g/mol. The average Bonchev–Trinajstić information content (AvgIpc) is 3.38. The van der Waals surface area contributed by atoms with E-state index in [1.807, 2.05) is 12.4 Å². The van der Waals surface area contributed by atoms with Crippen molar-refractivity contribution < 1.29 is 4.79 Å². The van der Waals surface area contributed by atoms with Crippen molar-refractivity contribution in [2.45, 2.75) is 57.5 Å². The molecule has 3 heterocycles. The highest BCUT2D eigenvalue weighted by molar-refractivity contribution is 5.96. The van der Waals surface area contributed by atoms with Crippen LogP contribution in [-0.2, 0) is 0 Å². The molecule has 2 aromatic heterocycles. The fourth-order valence-electron chi connectivity index (χ4n) is 4.35. The largest absolute Gasteiger partial charge is 0.350 e. The number of rotatable bonds is 5. The number of pyridine rings is 1. The van der Waals surface area contributed by atoms with Gasteiger partial charge in [0, 0.05) is 24.8 Å². The first-order valence-corrected chi connectivity index (χ1v) is 9.61. The van der Waals surface area contributed by atoms with Gasteiger partial charge in [-0.05, 0) is 44.8 Å². The number of aromatic nitrogens is 3. The Balaban J connectivity index is 1.45. The zero-order chi connectivity index (χ0) is 17.2. The normalized spacial score (nSPS) is 22.0. The Hall–Kier alpha value is -1.95. The molecule has 2 aromatic rings. The third-order valence-corrected chi connectivity index (χ3v) is 5.80. The molecule has 1 aliphatic carbocycles. The number of hydrogen-bond donors (Lipinski definition) is 1. The van der Waals surface area contributed by atoms with Crippen molar-refractivity contribution in [3.63, 3.8) is 0 Å². The predicted octanol–water partition coefficient (Wildman–Crippen LogP) is 2.76. The SMILES string of the molecule is CCN1CCCC1CNC(=O)c1cnc2c(c1)ncn2C1CCCC1. The van der Waals surface area contributed by atoms with Crippen LogP contribution in [-0.4, -0.2) is 51.0 Å². The first-order valence-electron chi connectivity index (χ1n) is 9.61. The zero-order valence-corrected chi connectivity index (χ0v) is 14.9. The van der Waals surface area contributed by atoms with E-state index in [1.165, 1.54) is 32.1 Å². The van der Waals surface area contributed by atoms with Crippen LogP contribution in [0.2, 0.25) is 0 Å². The topological polar surface area (TPSA) is 63.1 Å². The number of carbonyl (C=O) groups excluding carboxylic acids is 1. The summed E-state index contributed by atoms with van der Waals surface area (Å²) >= 11 is 0. The lowest BCUT2D eigenvalue weighted by Gasteiger charge is -2.22. The highest BCUT2D eigenvalue weighted by Crippen LogP contribution is 2.31. The molecule has 2 fully saturated rings. The molecule has 1 amide bonds. The van der Waals surface area contributed by atoms with E-state index in [9.17, 15) is 4.79 Å². The third kappa shape index (κ3) is 3.27. The second-order valence-electron chi connectivity index (χ2n) is 7.29. The van der Waals surface area contributed by atoms with Crippen molar-refractivity contribution in [3.05, 3.63) is 24.2 Å². The number of carbonyl (C=O) groups is 1. The van der Waals surface area contributed by atoms with Gasteiger partial charge in [0.15, 0.2) is 5.65 Å². The minimum absolute atomic E-state index is 0.0484. The second kappa shape index (κ2) is 7.12. The van der Waals surface area contributed by atoms with Crippen LogP contribution in [0.25, 0.3) is 11.2 Å². The number of nitrogens with zero attached hydrogens (tertiary/aromatic N) is 4. The predicted molar refractivity (Wildman–Crippen MR) is 97.6 cm³/mol. The van der Waals surface area contributed by atoms with E-state index in [-0.39, 0.29) is 5.91 Å². The van der Waals surface area contributed by atoms with Crippen molar-refractivity contribution >= 4 is 17.1 Å². The van der Waals surface area contributed by atoms with Crippen LogP contribution in [0.4, 0.5) is 0 Å². The quantitative estimate of drug-likeness (QED) is 0.908. The number of amides is 1. The second-order valence-corrected chi connectivity index (χ2v) is 7.29. The summed E-state index contributed by atoms with van der Waals surface area (Å²) in [5.74, 6) is -0.0484. The molecule has 2 aliphatic rings. The number of imidazole rings is 1. The minimum atomic E-state index is -0.0484.